The van der Waals surface area contributed by atoms with Gasteiger partial charge in [0.15, 0.2) is 0 Å². The van der Waals surface area contributed by atoms with Gasteiger partial charge < -0.3 is 9.80 Å². The molecule has 0 radical (unpaired) electrons. The third kappa shape index (κ3) is 3.49. The molecule has 8 heteroatoms. The van der Waals surface area contributed by atoms with Crippen molar-refractivity contribution in [2.75, 3.05) is 13.1 Å². The summed E-state index contributed by atoms with van der Waals surface area (Å²) in [6.07, 6.45) is 0.593. The SMILES string of the molecule is C=C(c1ccccc1)N1CCn2nc3c(c2C1=O)CN(C(=O)c1ccc(Cl)c(Cl)c1)CC3. The molecule has 0 unspecified atom stereocenters. The Balaban J connectivity index is 1.43. The van der Waals surface area contributed by atoms with E-state index in [1.165, 1.54) is 0 Å². The Bertz CT molecular complexity index is 1250. The zero-order chi connectivity index (χ0) is 22.4. The lowest BCUT2D eigenvalue weighted by atomic mass is 10.0. The van der Waals surface area contributed by atoms with Gasteiger partial charge in [0.25, 0.3) is 11.8 Å². The number of carbonyl (C=O) groups is 2. The van der Waals surface area contributed by atoms with E-state index in [0.717, 1.165) is 16.8 Å². The van der Waals surface area contributed by atoms with Crippen molar-refractivity contribution in [3.63, 3.8) is 0 Å². The molecule has 2 aliphatic rings. The van der Waals surface area contributed by atoms with E-state index in [-0.39, 0.29) is 11.8 Å². The highest BCUT2D eigenvalue weighted by Crippen LogP contribution is 2.30. The molecule has 0 atom stereocenters. The minimum Gasteiger partial charge on any atom is -0.334 e. The van der Waals surface area contributed by atoms with Crippen molar-refractivity contribution in [3.8, 4) is 0 Å². The first-order chi connectivity index (χ1) is 15.4. The van der Waals surface area contributed by atoms with Gasteiger partial charge >= 0.3 is 0 Å². The maximum Gasteiger partial charge on any atom is 0.276 e. The van der Waals surface area contributed by atoms with E-state index >= 15 is 0 Å². The standard InChI is InChI=1S/C24H20Cl2N4O2/c1-15(16-5-3-2-4-6-16)29-11-12-30-22(24(29)32)18-14-28(10-9-21(18)27-30)23(31)17-7-8-19(25)20(26)13-17/h2-8,13H,1,9-12,14H2. The number of nitrogens with zero attached hydrogens (tertiary/aromatic N) is 4. The first kappa shape index (κ1) is 20.8. The van der Waals surface area contributed by atoms with Gasteiger partial charge in [0.05, 0.1) is 28.8 Å². The monoisotopic (exact) mass is 466 g/mol. The Morgan fingerprint density at radius 2 is 1.75 bits per heavy atom. The minimum atomic E-state index is -0.150. The number of amides is 2. The van der Waals surface area contributed by atoms with Gasteiger partial charge in [-0.3, -0.25) is 14.3 Å². The Morgan fingerprint density at radius 1 is 0.969 bits per heavy atom. The summed E-state index contributed by atoms with van der Waals surface area (Å²) in [5, 5.41) is 5.40. The molecule has 32 heavy (non-hydrogen) atoms. The fraction of sp³-hybridized carbons (Fsp3) is 0.208. The van der Waals surface area contributed by atoms with Crippen LogP contribution in [0.1, 0.15) is 37.7 Å². The average Bonchev–Trinajstić information content (AvgIpc) is 3.19. The minimum absolute atomic E-state index is 0.136. The summed E-state index contributed by atoms with van der Waals surface area (Å²) in [6, 6.07) is 14.5. The van der Waals surface area contributed by atoms with Crippen LogP contribution in [0.2, 0.25) is 10.0 Å². The van der Waals surface area contributed by atoms with Gasteiger partial charge in [-0.25, -0.2) is 0 Å². The van der Waals surface area contributed by atoms with E-state index in [0.29, 0.717) is 59.6 Å². The molecule has 2 amide bonds. The number of benzene rings is 2. The second kappa shape index (κ2) is 8.11. The summed E-state index contributed by atoms with van der Waals surface area (Å²) >= 11 is 12.1. The molecule has 0 N–H and O–H groups in total. The zero-order valence-electron chi connectivity index (χ0n) is 17.2. The summed E-state index contributed by atoms with van der Waals surface area (Å²) in [6.45, 7) is 6.09. The van der Waals surface area contributed by atoms with Crippen molar-refractivity contribution in [2.45, 2.75) is 19.5 Å². The molecule has 6 nitrogen and oxygen atoms in total. The average molecular weight is 467 g/mol. The van der Waals surface area contributed by atoms with Crippen LogP contribution in [0.5, 0.6) is 0 Å². The predicted octanol–water partition coefficient (Wildman–Crippen LogP) is 4.52. The van der Waals surface area contributed by atoms with Gasteiger partial charge in [0.1, 0.15) is 5.69 Å². The normalized spacial score (nSPS) is 15.4. The highest BCUT2D eigenvalue weighted by atomic mass is 35.5. The summed E-state index contributed by atoms with van der Waals surface area (Å²) in [5.74, 6) is -0.286. The third-order valence-corrected chi connectivity index (χ3v) is 6.71. The Kier molecular flexibility index (Phi) is 5.27. The lowest BCUT2D eigenvalue weighted by Crippen LogP contribution is -2.40. The van der Waals surface area contributed by atoms with Crippen LogP contribution in [0.15, 0.2) is 55.1 Å². The van der Waals surface area contributed by atoms with Crippen LogP contribution in [-0.2, 0) is 19.5 Å². The van der Waals surface area contributed by atoms with E-state index in [2.05, 4.69) is 11.7 Å². The molecule has 162 valence electrons. The van der Waals surface area contributed by atoms with Crippen molar-refractivity contribution in [1.29, 1.82) is 0 Å². The fourth-order valence-electron chi connectivity index (χ4n) is 4.28. The van der Waals surface area contributed by atoms with Crippen molar-refractivity contribution in [1.82, 2.24) is 19.6 Å². The Hall–Kier alpha value is -3.09. The Labute approximate surface area is 195 Å². The largest absolute Gasteiger partial charge is 0.334 e. The molecular weight excluding hydrogens is 447 g/mol. The molecule has 5 rings (SSSR count). The number of halogens is 2. The van der Waals surface area contributed by atoms with Crippen molar-refractivity contribution < 1.29 is 9.59 Å². The Morgan fingerprint density at radius 3 is 2.50 bits per heavy atom. The fourth-order valence-corrected chi connectivity index (χ4v) is 4.58. The van der Waals surface area contributed by atoms with Gasteiger partial charge in [0.2, 0.25) is 0 Å². The first-order valence-electron chi connectivity index (χ1n) is 10.3. The van der Waals surface area contributed by atoms with E-state index in [1.54, 1.807) is 32.7 Å². The summed E-state index contributed by atoms with van der Waals surface area (Å²) in [5.41, 5.74) is 4.25. The van der Waals surface area contributed by atoms with Crippen LogP contribution < -0.4 is 0 Å². The number of aromatic nitrogens is 2. The molecule has 0 fully saturated rings. The molecule has 0 saturated heterocycles. The number of carbonyl (C=O) groups excluding carboxylic acids is 2. The van der Waals surface area contributed by atoms with Crippen LogP contribution in [-0.4, -0.2) is 44.5 Å². The van der Waals surface area contributed by atoms with Crippen LogP contribution in [0.25, 0.3) is 5.70 Å². The molecule has 1 aromatic heterocycles. The van der Waals surface area contributed by atoms with Crippen LogP contribution in [0.3, 0.4) is 0 Å². The van der Waals surface area contributed by atoms with E-state index in [9.17, 15) is 9.59 Å². The van der Waals surface area contributed by atoms with Crippen molar-refractivity contribution in [3.05, 3.63) is 93.2 Å². The zero-order valence-corrected chi connectivity index (χ0v) is 18.7. The summed E-state index contributed by atoms with van der Waals surface area (Å²) in [4.78, 5) is 30.0. The second-order valence-electron chi connectivity index (χ2n) is 7.87. The van der Waals surface area contributed by atoms with Gasteiger partial charge in [-0.2, -0.15) is 5.10 Å². The van der Waals surface area contributed by atoms with Gasteiger partial charge in [-0.15, -0.1) is 0 Å². The summed E-state index contributed by atoms with van der Waals surface area (Å²) < 4.78 is 1.77. The molecule has 3 aromatic rings. The second-order valence-corrected chi connectivity index (χ2v) is 8.69. The van der Waals surface area contributed by atoms with Crippen LogP contribution in [0.4, 0.5) is 0 Å². The van der Waals surface area contributed by atoms with Crippen molar-refractivity contribution in [2.24, 2.45) is 0 Å². The molecule has 0 saturated carbocycles. The molecule has 0 bridgehead atoms. The maximum absolute atomic E-state index is 13.5. The van der Waals surface area contributed by atoms with E-state index < -0.39 is 0 Å². The highest BCUT2D eigenvalue weighted by Gasteiger charge is 2.35. The number of fused-ring (bicyclic) bond motifs is 3. The summed E-state index contributed by atoms with van der Waals surface area (Å²) in [7, 11) is 0. The van der Waals surface area contributed by atoms with Crippen molar-refractivity contribution >= 4 is 40.7 Å². The third-order valence-electron chi connectivity index (χ3n) is 5.97. The van der Waals surface area contributed by atoms with Crippen LogP contribution in [0, 0.1) is 0 Å². The molecule has 2 aliphatic heterocycles. The number of hydrogen-bond donors (Lipinski definition) is 0. The molecule has 0 spiro atoms. The van der Waals surface area contributed by atoms with Gasteiger partial charge in [-0.05, 0) is 23.8 Å². The first-order valence-corrected chi connectivity index (χ1v) is 11.1. The van der Waals surface area contributed by atoms with Crippen LogP contribution >= 0.6 is 23.2 Å². The highest BCUT2D eigenvalue weighted by molar-refractivity contribution is 6.42. The maximum atomic E-state index is 13.5. The topological polar surface area (TPSA) is 58.4 Å². The van der Waals surface area contributed by atoms with E-state index in [4.69, 9.17) is 23.2 Å². The molecule has 0 aliphatic carbocycles. The van der Waals surface area contributed by atoms with E-state index in [1.807, 2.05) is 30.3 Å². The molecule has 2 aromatic carbocycles. The lowest BCUT2D eigenvalue weighted by Gasteiger charge is -2.31. The smallest absolute Gasteiger partial charge is 0.276 e. The predicted molar refractivity (Wildman–Crippen MR) is 124 cm³/mol. The van der Waals surface area contributed by atoms with Gasteiger partial charge in [-0.1, -0.05) is 60.1 Å². The molecule has 3 heterocycles. The quantitative estimate of drug-likeness (QED) is 0.570. The van der Waals surface area contributed by atoms with Gasteiger partial charge in [0, 0.05) is 36.3 Å². The molecular formula is C24H20Cl2N4O2. The lowest BCUT2D eigenvalue weighted by molar-refractivity contribution is 0.0723. The number of hydrogen-bond acceptors (Lipinski definition) is 3. The number of rotatable bonds is 3.